The molecular weight excluding hydrogens is 424 g/mol. The number of aliphatic hydroxyl groups is 2. The molecule has 2 heterocycles. The molecule has 4 saturated carbocycles. The van der Waals surface area contributed by atoms with Crippen molar-refractivity contribution in [2.24, 2.45) is 22.7 Å². The maximum absolute atomic E-state index is 12.1. The summed E-state index contributed by atoms with van der Waals surface area (Å²) in [6, 6.07) is 3.23. The van der Waals surface area contributed by atoms with E-state index in [1.807, 2.05) is 0 Å². The van der Waals surface area contributed by atoms with Crippen molar-refractivity contribution in [3.8, 4) is 0 Å². The molecule has 10 atom stereocenters. The van der Waals surface area contributed by atoms with Crippen LogP contribution in [-0.4, -0.2) is 45.7 Å². The Labute approximate surface area is 193 Å². The molecule has 7 heteroatoms. The molecule has 1 aliphatic heterocycles. The first-order valence-electron chi connectivity index (χ1n) is 12.4. The number of epoxide rings is 1. The smallest absolute Gasteiger partial charge is 0.335 e. The molecule has 5 fully saturated rings. The van der Waals surface area contributed by atoms with Gasteiger partial charge in [-0.05, 0) is 67.4 Å². The molecule has 5 aliphatic rings. The lowest BCUT2D eigenvalue weighted by Crippen LogP contribution is -2.65. The van der Waals surface area contributed by atoms with Crippen LogP contribution < -0.4 is 5.63 Å². The second-order valence-corrected chi connectivity index (χ2v) is 11.8. The Kier molecular flexibility index (Phi) is 4.43. The minimum Gasteiger partial charge on any atom is -0.459 e. The SMILES string of the molecule is CC(=O)O[C@H]1[C@@H](c2ccc(=O)oc2)[C@@]2(C)CC[C@@H]3[C@H](CC[C@@]4(O)C[C@@H](O)CC[C@]34C)[C@]23O[C@@H]13. The Hall–Kier alpha value is -1.70. The maximum atomic E-state index is 12.1. The number of hydrogen-bond acceptors (Lipinski definition) is 7. The average molecular weight is 459 g/mol. The van der Waals surface area contributed by atoms with Crippen molar-refractivity contribution in [3.63, 3.8) is 0 Å². The van der Waals surface area contributed by atoms with Gasteiger partial charge in [0, 0.05) is 30.7 Å². The van der Waals surface area contributed by atoms with Crippen LogP contribution in [0.1, 0.15) is 77.2 Å². The third-order valence-corrected chi connectivity index (χ3v) is 10.6. The zero-order chi connectivity index (χ0) is 23.4. The van der Waals surface area contributed by atoms with Crippen LogP contribution in [0.15, 0.2) is 27.6 Å². The minimum atomic E-state index is -0.850. The number of carbonyl (C=O) groups is 1. The molecule has 1 aromatic rings. The summed E-state index contributed by atoms with van der Waals surface area (Å²) in [5.41, 5.74) is -1.34. The van der Waals surface area contributed by atoms with Crippen molar-refractivity contribution in [2.45, 2.75) is 101 Å². The maximum Gasteiger partial charge on any atom is 0.335 e. The van der Waals surface area contributed by atoms with Crippen LogP contribution in [0.5, 0.6) is 0 Å². The van der Waals surface area contributed by atoms with Crippen LogP contribution in [0.2, 0.25) is 0 Å². The van der Waals surface area contributed by atoms with E-state index in [0.29, 0.717) is 12.8 Å². The summed E-state index contributed by atoms with van der Waals surface area (Å²) in [7, 11) is 0. The van der Waals surface area contributed by atoms with Gasteiger partial charge in [0.15, 0.2) is 0 Å². The normalized spacial score (nSPS) is 52.2. The molecular formula is C26H34O7. The predicted octanol–water partition coefficient (Wildman–Crippen LogP) is 2.91. The Morgan fingerprint density at radius 2 is 1.82 bits per heavy atom. The summed E-state index contributed by atoms with van der Waals surface area (Å²) >= 11 is 0. The highest BCUT2D eigenvalue weighted by atomic mass is 16.7. The molecule has 1 spiro atoms. The number of carbonyl (C=O) groups excluding carboxylic acids is 1. The predicted molar refractivity (Wildman–Crippen MR) is 117 cm³/mol. The Morgan fingerprint density at radius 3 is 2.52 bits per heavy atom. The molecule has 0 amide bonds. The lowest BCUT2D eigenvalue weighted by molar-refractivity contribution is -0.224. The van der Waals surface area contributed by atoms with Crippen LogP contribution in [0.3, 0.4) is 0 Å². The van der Waals surface area contributed by atoms with Gasteiger partial charge >= 0.3 is 11.6 Å². The first-order valence-corrected chi connectivity index (χ1v) is 12.4. The van der Waals surface area contributed by atoms with E-state index in [0.717, 1.165) is 37.7 Å². The van der Waals surface area contributed by atoms with E-state index in [4.69, 9.17) is 13.9 Å². The molecule has 2 N–H and O–H groups in total. The largest absolute Gasteiger partial charge is 0.459 e. The molecule has 0 aromatic carbocycles. The highest BCUT2D eigenvalue weighted by Gasteiger charge is 2.85. The number of ether oxygens (including phenoxy) is 2. The van der Waals surface area contributed by atoms with Gasteiger partial charge in [0.25, 0.3) is 0 Å². The Bertz CT molecular complexity index is 1030. The van der Waals surface area contributed by atoms with Gasteiger partial charge in [0.1, 0.15) is 17.8 Å². The van der Waals surface area contributed by atoms with Crippen molar-refractivity contribution in [3.05, 3.63) is 34.4 Å². The molecule has 1 aromatic heterocycles. The lowest BCUT2D eigenvalue weighted by Gasteiger charge is -2.63. The van der Waals surface area contributed by atoms with Gasteiger partial charge in [-0.3, -0.25) is 4.79 Å². The third-order valence-electron chi connectivity index (χ3n) is 10.6. The van der Waals surface area contributed by atoms with Crippen molar-refractivity contribution >= 4 is 5.97 Å². The monoisotopic (exact) mass is 458 g/mol. The fourth-order valence-corrected chi connectivity index (χ4v) is 9.10. The summed E-state index contributed by atoms with van der Waals surface area (Å²) in [6.07, 6.45) is 5.74. The summed E-state index contributed by atoms with van der Waals surface area (Å²) in [6.45, 7) is 5.89. The van der Waals surface area contributed by atoms with Gasteiger partial charge in [-0.15, -0.1) is 0 Å². The van der Waals surface area contributed by atoms with Crippen molar-refractivity contribution in [1.82, 2.24) is 0 Å². The summed E-state index contributed by atoms with van der Waals surface area (Å²) < 4.78 is 17.7. The van der Waals surface area contributed by atoms with E-state index < -0.39 is 29.0 Å². The molecule has 6 rings (SSSR count). The average Bonchev–Trinajstić information content (AvgIpc) is 3.45. The summed E-state index contributed by atoms with van der Waals surface area (Å²) in [4.78, 5) is 23.7. The Morgan fingerprint density at radius 1 is 1.09 bits per heavy atom. The van der Waals surface area contributed by atoms with E-state index in [2.05, 4.69) is 13.8 Å². The second kappa shape index (κ2) is 6.70. The molecule has 0 bridgehead atoms. The molecule has 0 radical (unpaired) electrons. The number of esters is 1. The van der Waals surface area contributed by atoms with E-state index in [1.165, 1.54) is 19.3 Å². The lowest BCUT2D eigenvalue weighted by atomic mass is 9.42. The van der Waals surface area contributed by atoms with Crippen molar-refractivity contribution in [2.75, 3.05) is 0 Å². The first kappa shape index (κ1) is 21.8. The van der Waals surface area contributed by atoms with Crippen LogP contribution in [0, 0.1) is 22.7 Å². The molecule has 4 aliphatic carbocycles. The fraction of sp³-hybridized carbons (Fsp3) is 0.769. The van der Waals surface area contributed by atoms with Gasteiger partial charge in [-0.2, -0.15) is 0 Å². The standard InChI is InChI=1S/C26H34O7/c1-14(27)32-21-20(15-4-5-19(29)31-13-15)24(3)10-7-17-18(26(24)22(21)33-26)8-11-25(30)12-16(28)6-9-23(17,25)2/h4-5,13,16-18,20-22,28,30H,6-12H2,1-3H3/t16-,17+,18-,20+,21-,22-,23+,24+,25+,26+/m0/s1. The molecule has 33 heavy (non-hydrogen) atoms. The highest BCUT2D eigenvalue weighted by molar-refractivity contribution is 5.66. The van der Waals surface area contributed by atoms with Gasteiger partial charge in [-0.1, -0.05) is 13.8 Å². The number of aliphatic hydroxyl groups excluding tert-OH is 1. The van der Waals surface area contributed by atoms with Crippen molar-refractivity contribution < 1.29 is 28.9 Å². The van der Waals surface area contributed by atoms with Crippen LogP contribution >= 0.6 is 0 Å². The fourth-order valence-electron chi connectivity index (χ4n) is 9.10. The van der Waals surface area contributed by atoms with Crippen LogP contribution in [0.4, 0.5) is 0 Å². The van der Waals surface area contributed by atoms with Gasteiger partial charge in [-0.25, -0.2) is 4.79 Å². The van der Waals surface area contributed by atoms with Crippen LogP contribution in [-0.2, 0) is 14.3 Å². The van der Waals surface area contributed by atoms with Crippen molar-refractivity contribution in [1.29, 1.82) is 0 Å². The van der Waals surface area contributed by atoms with E-state index in [-0.39, 0.29) is 40.7 Å². The second-order valence-electron chi connectivity index (χ2n) is 11.8. The molecule has 7 nitrogen and oxygen atoms in total. The van der Waals surface area contributed by atoms with E-state index >= 15 is 0 Å². The number of hydrogen-bond donors (Lipinski definition) is 2. The summed E-state index contributed by atoms with van der Waals surface area (Å²) in [5.74, 6) is 0.0816. The van der Waals surface area contributed by atoms with E-state index in [9.17, 15) is 19.8 Å². The zero-order valence-corrected chi connectivity index (χ0v) is 19.6. The first-order chi connectivity index (χ1) is 15.6. The molecule has 180 valence electrons. The highest BCUT2D eigenvalue weighted by Crippen LogP contribution is 2.78. The minimum absolute atomic E-state index is 0.118. The van der Waals surface area contributed by atoms with Crippen LogP contribution in [0.25, 0.3) is 0 Å². The topological polar surface area (TPSA) is 110 Å². The van der Waals surface area contributed by atoms with Gasteiger partial charge in [0.05, 0.1) is 18.0 Å². The molecule has 1 saturated heterocycles. The summed E-state index contributed by atoms with van der Waals surface area (Å²) in [5, 5.41) is 22.0. The van der Waals surface area contributed by atoms with Gasteiger partial charge < -0.3 is 24.1 Å². The zero-order valence-electron chi connectivity index (χ0n) is 19.6. The molecule has 0 unspecified atom stereocenters. The number of rotatable bonds is 2. The Balaban J connectivity index is 1.42. The quantitative estimate of drug-likeness (QED) is 0.518. The third kappa shape index (κ3) is 2.62. The van der Waals surface area contributed by atoms with Gasteiger partial charge in [0.2, 0.25) is 0 Å². The number of fused-ring (bicyclic) bond motifs is 3. The van der Waals surface area contributed by atoms with E-state index in [1.54, 1.807) is 6.07 Å².